The second-order valence-electron chi connectivity index (χ2n) is 2.15. The maximum absolute atomic E-state index is 2.30. The van der Waals surface area contributed by atoms with Crippen molar-refractivity contribution in [1.82, 2.24) is 0 Å². The van der Waals surface area contributed by atoms with Crippen LogP contribution >= 0.6 is 0 Å². The van der Waals surface area contributed by atoms with E-state index in [0.29, 0.717) is 0 Å². The van der Waals surface area contributed by atoms with Crippen molar-refractivity contribution in [1.29, 1.82) is 0 Å². The average molecular weight is 265 g/mol. The number of allylic oxidation sites excluding steroid dienone is 4. The molecule has 2 bridgehead atoms. The second-order valence-corrected chi connectivity index (χ2v) is 2.15. The van der Waals surface area contributed by atoms with Crippen molar-refractivity contribution in [2.24, 2.45) is 0 Å². The van der Waals surface area contributed by atoms with E-state index in [4.69, 9.17) is 0 Å². The molecule has 3 heteroatoms. The number of rotatable bonds is 0. The van der Waals surface area contributed by atoms with E-state index in [2.05, 4.69) is 18.2 Å². The van der Waals surface area contributed by atoms with Crippen molar-refractivity contribution < 1.29 is 44.3 Å². The van der Waals surface area contributed by atoms with E-state index in [1.807, 2.05) is 0 Å². The standard InChI is InChI=1S/C7H7.2ClH.Rh/c1-2-7-4-3-6(1)5-7;;;/h1-3H,4-5H2;2*1H;/q-1;;;+3/p-2. The zero-order valence-corrected chi connectivity index (χ0v) is 8.39. The van der Waals surface area contributed by atoms with Gasteiger partial charge in [-0.2, -0.15) is 0 Å². The van der Waals surface area contributed by atoms with Crippen molar-refractivity contribution in [2.75, 3.05) is 0 Å². The molecule has 0 aromatic heterocycles. The summed E-state index contributed by atoms with van der Waals surface area (Å²) in [7, 11) is 0. The van der Waals surface area contributed by atoms with Crippen LogP contribution in [0.25, 0.3) is 0 Å². The van der Waals surface area contributed by atoms with Crippen LogP contribution in [0.5, 0.6) is 0 Å². The SMILES string of the molecule is C1=C[C-]2CC=C1C2.[Cl-].[Cl-].[Rh+3]. The average Bonchev–Trinajstić information content (AvgIpc) is 2.22. The third-order valence-corrected chi connectivity index (χ3v) is 1.59. The molecule has 2 aliphatic carbocycles. The first-order chi connectivity index (χ1) is 3.45. The van der Waals surface area contributed by atoms with Crippen molar-refractivity contribution in [3.63, 3.8) is 0 Å². The first-order valence-corrected chi connectivity index (χ1v) is 2.67. The maximum Gasteiger partial charge on any atom is 3.00 e. The van der Waals surface area contributed by atoms with Gasteiger partial charge in [-0.15, -0.1) is 11.6 Å². The molecule has 58 valence electrons. The Morgan fingerprint density at radius 1 is 1.30 bits per heavy atom. The van der Waals surface area contributed by atoms with Gasteiger partial charge in [0.2, 0.25) is 0 Å². The normalized spacial score (nSPS) is 16.8. The predicted molar refractivity (Wildman–Crippen MR) is 29.7 cm³/mol. The van der Waals surface area contributed by atoms with E-state index in [1.165, 1.54) is 18.4 Å². The monoisotopic (exact) mass is 264 g/mol. The molecule has 0 saturated heterocycles. The fourth-order valence-electron chi connectivity index (χ4n) is 1.15. The molecule has 0 fully saturated rings. The molecular formula is C7H7Cl2Rh. The molecule has 0 aromatic rings. The van der Waals surface area contributed by atoms with Gasteiger partial charge in [-0.1, -0.05) is 12.8 Å². The largest absolute Gasteiger partial charge is 3.00 e. The van der Waals surface area contributed by atoms with Crippen LogP contribution in [0.1, 0.15) is 12.8 Å². The first-order valence-electron chi connectivity index (χ1n) is 2.67. The van der Waals surface area contributed by atoms with Gasteiger partial charge in [-0.3, -0.25) is 0 Å². The fraction of sp³-hybridized carbons (Fsp3) is 0.286. The Balaban J connectivity index is 0. The van der Waals surface area contributed by atoms with Crippen LogP contribution in [0.3, 0.4) is 0 Å². The molecule has 0 amide bonds. The zero-order chi connectivity index (χ0) is 4.69. The molecule has 0 aliphatic heterocycles. The molecular weight excluding hydrogens is 258 g/mol. The van der Waals surface area contributed by atoms with Gasteiger partial charge in [0.1, 0.15) is 0 Å². The Morgan fingerprint density at radius 2 is 2.00 bits per heavy atom. The molecule has 0 spiro atoms. The summed E-state index contributed by atoms with van der Waals surface area (Å²) in [6.45, 7) is 0. The van der Waals surface area contributed by atoms with Gasteiger partial charge in [-0.05, 0) is 0 Å². The minimum atomic E-state index is 0. The van der Waals surface area contributed by atoms with Crippen LogP contribution in [0, 0.1) is 5.92 Å². The summed E-state index contributed by atoms with van der Waals surface area (Å²) in [5, 5.41) is 0. The molecule has 2 rings (SSSR count). The number of halogens is 2. The molecule has 0 N–H and O–H groups in total. The molecule has 0 radical (unpaired) electrons. The van der Waals surface area contributed by atoms with E-state index >= 15 is 0 Å². The van der Waals surface area contributed by atoms with Gasteiger partial charge in [-0.25, -0.2) is 18.1 Å². The first kappa shape index (κ1) is 13.2. The summed E-state index contributed by atoms with van der Waals surface area (Å²) in [5.41, 5.74) is 1.52. The van der Waals surface area contributed by atoms with Crippen molar-refractivity contribution in [3.05, 3.63) is 29.7 Å². The minimum Gasteiger partial charge on any atom is -1.00 e. The van der Waals surface area contributed by atoms with Gasteiger partial charge >= 0.3 is 19.5 Å². The van der Waals surface area contributed by atoms with Gasteiger partial charge in [0.05, 0.1) is 0 Å². The molecule has 0 unspecified atom stereocenters. The molecule has 0 aromatic carbocycles. The molecule has 0 saturated carbocycles. The zero-order valence-electron chi connectivity index (χ0n) is 5.24. The second kappa shape index (κ2) is 5.24. The quantitative estimate of drug-likeness (QED) is 0.308. The topological polar surface area (TPSA) is 0 Å². The predicted octanol–water partition coefficient (Wildman–Crippen LogP) is -4.14. The van der Waals surface area contributed by atoms with E-state index < -0.39 is 0 Å². The Kier molecular flexibility index (Phi) is 6.89. The summed E-state index contributed by atoms with van der Waals surface area (Å²) in [4.78, 5) is 0. The number of hydrogen-bond acceptors (Lipinski definition) is 0. The van der Waals surface area contributed by atoms with E-state index in [9.17, 15) is 0 Å². The van der Waals surface area contributed by atoms with E-state index in [0.717, 1.165) is 0 Å². The Labute approximate surface area is 86.7 Å². The van der Waals surface area contributed by atoms with Crippen molar-refractivity contribution in [3.8, 4) is 0 Å². The Morgan fingerprint density at radius 3 is 2.10 bits per heavy atom. The van der Waals surface area contributed by atoms with E-state index in [-0.39, 0.29) is 44.3 Å². The number of fused-ring (bicyclic) bond motifs is 2. The Hall–Kier alpha value is 0.553. The minimum absolute atomic E-state index is 0. The fourth-order valence-corrected chi connectivity index (χ4v) is 1.15. The van der Waals surface area contributed by atoms with Gasteiger partial charge < -0.3 is 24.8 Å². The van der Waals surface area contributed by atoms with Crippen LogP contribution in [0.4, 0.5) is 0 Å². The Bertz CT molecular complexity index is 152. The molecule has 0 atom stereocenters. The summed E-state index contributed by atoms with van der Waals surface area (Å²) >= 11 is 0. The summed E-state index contributed by atoms with van der Waals surface area (Å²) in [6.07, 6.45) is 9.22. The maximum atomic E-state index is 2.30. The number of hydrogen-bond donors (Lipinski definition) is 0. The summed E-state index contributed by atoms with van der Waals surface area (Å²) in [5.74, 6) is 1.59. The van der Waals surface area contributed by atoms with Gasteiger partial charge in [0.25, 0.3) is 0 Å². The van der Waals surface area contributed by atoms with Gasteiger partial charge in [0.15, 0.2) is 0 Å². The third kappa shape index (κ3) is 2.30. The van der Waals surface area contributed by atoms with E-state index in [1.54, 1.807) is 5.92 Å². The van der Waals surface area contributed by atoms with Crippen molar-refractivity contribution in [2.45, 2.75) is 12.8 Å². The molecule has 10 heavy (non-hydrogen) atoms. The van der Waals surface area contributed by atoms with Crippen LogP contribution in [0.15, 0.2) is 23.8 Å². The molecule has 0 nitrogen and oxygen atoms in total. The van der Waals surface area contributed by atoms with Crippen LogP contribution < -0.4 is 24.8 Å². The van der Waals surface area contributed by atoms with Gasteiger partial charge in [0, 0.05) is 0 Å². The molecule has 2 aliphatic rings. The van der Waals surface area contributed by atoms with Crippen LogP contribution in [0.2, 0.25) is 0 Å². The summed E-state index contributed by atoms with van der Waals surface area (Å²) < 4.78 is 0. The van der Waals surface area contributed by atoms with Crippen LogP contribution in [-0.4, -0.2) is 0 Å². The third-order valence-electron chi connectivity index (χ3n) is 1.59. The van der Waals surface area contributed by atoms with Crippen molar-refractivity contribution >= 4 is 0 Å². The smallest absolute Gasteiger partial charge is 1.00 e. The molecule has 0 heterocycles. The van der Waals surface area contributed by atoms with Crippen LogP contribution in [-0.2, 0) is 19.5 Å². The summed E-state index contributed by atoms with van der Waals surface area (Å²) in [6, 6.07) is 0.